The summed E-state index contributed by atoms with van der Waals surface area (Å²) in [6, 6.07) is 9.39. The number of allylic oxidation sites excluding steroid dienone is 1. The topological polar surface area (TPSA) is 104 Å². The van der Waals surface area contributed by atoms with E-state index in [1.165, 1.54) is 6.08 Å². The molecule has 0 amide bonds. The SMILES string of the molecule is CC.O=C1C=Cc2cccc3ccc(NCCC(C(=O)O)C(=O)O)c1c23. The minimum absolute atomic E-state index is 0.0756. The number of hydrogen-bond acceptors (Lipinski definition) is 4. The number of carboxylic acid groups (broad SMARTS) is 2. The number of nitrogens with one attached hydrogen (secondary N) is 1. The summed E-state index contributed by atoms with van der Waals surface area (Å²) >= 11 is 0. The van der Waals surface area contributed by atoms with Gasteiger partial charge in [-0.3, -0.25) is 14.4 Å². The number of rotatable bonds is 6. The lowest BCUT2D eigenvalue weighted by Crippen LogP contribution is -2.26. The van der Waals surface area contributed by atoms with Crippen molar-refractivity contribution >= 4 is 40.3 Å². The van der Waals surface area contributed by atoms with Gasteiger partial charge in [-0.05, 0) is 29.5 Å². The largest absolute Gasteiger partial charge is 0.481 e. The Morgan fingerprint density at radius 1 is 1.04 bits per heavy atom. The van der Waals surface area contributed by atoms with Crippen LogP contribution in [0.1, 0.15) is 36.2 Å². The Morgan fingerprint density at radius 3 is 2.38 bits per heavy atom. The van der Waals surface area contributed by atoms with Gasteiger partial charge in [0.05, 0.1) is 5.56 Å². The Bertz CT molecular complexity index is 871. The zero-order valence-electron chi connectivity index (χ0n) is 14.7. The summed E-state index contributed by atoms with van der Waals surface area (Å²) in [6.07, 6.45) is 3.19. The van der Waals surface area contributed by atoms with E-state index in [0.717, 1.165) is 16.3 Å². The van der Waals surface area contributed by atoms with Crippen molar-refractivity contribution in [2.75, 3.05) is 11.9 Å². The highest BCUT2D eigenvalue weighted by Gasteiger charge is 2.25. The van der Waals surface area contributed by atoms with Crippen LogP contribution in [0.15, 0.2) is 36.4 Å². The van der Waals surface area contributed by atoms with Gasteiger partial charge in [-0.1, -0.05) is 44.2 Å². The van der Waals surface area contributed by atoms with E-state index >= 15 is 0 Å². The molecule has 0 radical (unpaired) electrons. The average molecular weight is 355 g/mol. The molecule has 3 N–H and O–H groups in total. The first-order valence-corrected chi connectivity index (χ1v) is 8.46. The van der Waals surface area contributed by atoms with Gasteiger partial charge in [-0.2, -0.15) is 0 Å². The zero-order valence-corrected chi connectivity index (χ0v) is 14.7. The van der Waals surface area contributed by atoms with E-state index in [1.54, 1.807) is 12.1 Å². The normalized spacial score (nSPS) is 11.9. The Labute approximate surface area is 151 Å². The third-order valence-electron chi connectivity index (χ3n) is 4.08. The fourth-order valence-corrected chi connectivity index (χ4v) is 2.90. The smallest absolute Gasteiger partial charge is 0.317 e. The molecule has 136 valence electrons. The third kappa shape index (κ3) is 3.74. The number of carbonyl (C=O) groups is 3. The Morgan fingerprint density at radius 2 is 1.73 bits per heavy atom. The number of carbonyl (C=O) groups excluding carboxylic acids is 1. The molecule has 0 saturated heterocycles. The number of hydrogen-bond donors (Lipinski definition) is 3. The molecule has 1 aliphatic carbocycles. The summed E-state index contributed by atoms with van der Waals surface area (Å²) in [7, 11) is 0. The molecule has 0 fully saturated rings. The summed E-state index contributed by atoms with van der Waals surface area (Å²) in [6.45, 7) is 4.14. The number of anilines is 1. The van der Waals surface area contributed by atoms with Gasteiger partial charge in [0.25, 0.3) is 0 Å². The summed E-state index contributed by atoms with van der Waals surface area (Å²) in [4.78, 5) is 34.1. The van der Waals surface area contributed by atoms with Crippen molar-refractivity contribution in [3.8, 4) is 0 Å². The summed E-state index contributed by atoms with van der Waals surface area (Å²) in [5.41, 5.74) is 2.06. The van der Waals surface area contributed by atoms with Crippen LogP contribution in [-0.4, -0.2) is 34.5 Å². The molecular formula is C20H21NO5. The first kappa shape index (κ1) is 19.2. The van der Waals surface area contributed by atoms with Crippen molar-refractivity contribution < 1.29 is 24.6 Å². The Balaban J connectivity index is 0.00000117. The number of aliphatic carboxylic acids is 2. The first-order valence-electron chi connectivity index (χ1n) is 8.46. The van der Waals surface area contributed by atoms with Gasteiger partial charge >= 0.3 is 11.9 Å². The van der Waals surface area contributed by atoms with E-state index in [4.69, 9.17) is 10.2 Å². The monoisotopic (exact) mass is 355 g/mol. The molecule has 0 atom stereocenters. The van der Waals surface area contributed by atoms with Crippen LogP contribution in [0.2, 0.25) is 0 Å². The number of benzene rings is 2. The van der Waals surface area contributed by atoms with Crippen molar-refractivity contribution in [3.05, 3.63) is 47.5 Å². The van der Waals surface area contributed by atoms with Crippen LogP contribution in [-0.2, 0) is 9.59 Å². The van der Waals surface area contributed by atoms with Crippen molar-refractivity contribution in [1.82, 2.24) is 0 Å². The molecule has 0 aliphatic heterocycles. The quantitative estimate of drug-likeness (QED) is 0.683. The van der Waals surface area contributed by atoms with Gasteiger partial charge in [0.1, 0.15) is 0 Å². The number of carboxylic acids is 2. The second-order valence-electron chi connectivity index (χ2n) is 5.58. The van der Waals surface area contributed by atoms with Crippen LogP contribution in [0.5, 0.6) is 0 Å². The lowest BCUT2D eigenvalue weighted by atomic mass is 9.91. The summed E-state index contributed by atoms with van der Waals surface area (Å²) in [5, 5.41) is 22.6. The maximum Gasteiger partial charge on any atom is 0.317 e. The van der Waals surface area contributed by atoms with Gasteiger partial charge < -0.3 is 15.5 Å². The highest BCUT2D eigenvalue weighted by molar-refractivity contribution is 6.23. The molecule has 26 heavy (non-hydrogen) atoms. The maximum absolute atomic E-state index is 12.3. The molecule has 6 heteroatoms. The van der Waals surface area contributed by atoms with Crippen molar-refractivity contribution in [3.63, 3.8) is 0 Å². The molecule has 0 spiro atoms. The fraction of sp³-hybridized carbons (Fsp3) is 0.250. The van der Waals surface area contributed by atoms with Gasteiger partial charge in [-0.15, -0.1) is 0 Å². The molecule has 6 nitrogen and oxygen atoms in total. The van der Waals surface area contributed by atoms with E-state index in [9.17, 15) is 14.4 Å². The first-order chi connectivity index (χ1) is 12.5. The molecule has 0 unspecified atom stereocenters. The predicted octanol–water partition coefficient (Wildman–Crippen LogP) is 3.66. The van der Waals surface area contributed by atoms with Crippen LogP contribution in [0.3, 0.4) is 0 Å². The van der Waals surface area contributed by atoms with E-state index in [1.807, 2.05) is 38.1 Å². The highest BCUT2D eigenvalue weighted by atomic mass is 16.4. The minimum atomic E-state index is -1.47. The molecular weight excluding hydrogens is 334 g/mol. The lowest BCUT2D eigenvalue weighted by molar-refractivity contribution is -0.154. The minimum Gasteiger partial charge on any atom is -0.481 e. The van der Waals surface area contributed by atoms with Crippen LogP contribution < -0.4 is 5.32 Å². The van der Waals surface area contributed by atoms with E-state index in [-0.39, 0.29) is 18.7 Å². The van der Waals surface area contributed by atoms with Crippen LogP contribution in [0.4, 0.5) is 5.69 Å². The molecule has 2 aromatic carbocycles. The van der Waals surface area contributed by atoms with Gasteiger partial charge in [-0.25, -0.2) is 0 Å². The molecule has 0 saturated carbocycles. The van der Waals surface area contributed by atoms with E-state index in [2.05, 4.69) is 5.32 Å². The van der Waals surface area contributed by atoms with Crippen molar-refractivity contribution in [2.45, 2.75) is 20.3 Å². The Hall–Kier alpha value is -3.15. The lowest BCUT2D eigenvalue weighted by Gasteiger charge is -2.17. The molecule has 0 heterocycles. The van der Waals surface area contributed by atoms with Crippen LogP contribution in [0, 0.1) is 5.92 Å². The van der Waals surface area contributed by atoms with E-state index < -0.39 is 17.9 Å². The summed E-state index contributed by atoms with van der Waals surface area (Å²) < 4.78 is 0. The molecule has 0 bridgehead atoms. The highest BCUT2D eigenvalue weighted by Crippen LogP contribution is 2.33. The second kappa shape index (κ2) is 8.29. The van der Waals surface area contributed by atoms with Crippen LogP contribution >= 0.6 is 0 Å². The van der Waals surface area contributed by atoms with Gasteiger partial charge in [0, 0.05) is 17.6 Å². The van der Waals surface area contributed by atoms with Crippen molar-refractivity contribution in [1.29, 1.82) is 0 Å². The fourth-order valence-electron chi connectivity index (χ4n) is 2.90. The maximum atomic E-state index is 12.3. The van der Waals surface area contributed by atoms with Crippen molar-refractivity contribution in [2.24, 2.45) is 5.92 Å². The predicted molar refractivity (Wildman–Crippen MR) is 101 cm³/mol. The standard InChI is InChI=1S/C18H15NO5.C2H6/c20-14-7-5-11-3-1-2-10-4-6-13(16(14)15(10)11)19-9-8-12(17(21)22)18(23)24;1-2/h1-7,12,19H,8-9H2,(H,21,22)(H,23,24);1-2H3. The Kier molecular flexibility index (Phi) is 6.11. The van der Waals surface area contributed by atoms with E-state index in [0.29, 0.717) is 11.3 Å². The van der Waals surface area contributed by atoms with Crippen LogP contribution in [0.25, 0.3) is 16.8 Å². The summed E-state index contributed by atoms with van der Waals surface area (Å²) in [5.74, 6) is -4.34. The molecule has 1 aliphatic rings. The molecule has 3 rings (SSSR count). The van der Waals surface area contributed by atoms with Gasteiger partial charge in [0.2, 0.25) is 0 Å². The second-order valence-corrected chi connectivity index (χ2v) is 5.58. The van der Waals surface area contributed by atoms with Gasteiger partial charge in [0.15, 0.2) is 11.7 Å². The average Bonchev–Trinajstić information content (AvgIpc) is 2.63. The third-order valence-corrected chi connectivity index (χ3v) is 4.08. The number of ketones is 1. The zero-order chi connectivity index (χ0) is 19.3. The molecule has 2 aromatic rings. The molecule has 0 aromatic heterocycles.